The summed E-state index contributed by atoms with van der Waals surface area (Å²) in [7, 11) is 0. The van der Waals surface area contributed by atoms with Gasteiger partial charge in [-0.15, -0.1) is 0 Å². The Bertz CT molecular complexity index is 740. The van der Waals surface area contributed by atoms with Gasteiger partial charge in [-0.3, -0.25) is 4.79 Å². The number of rotatable bonds is 4. The number of carbonyl (C=O) groups excluding carboxylic acids is 1. The zero-order valence-corrected chi connectivity index (χ0v) is 14.6. The maximum Gasteiger partial charge on any atom is 0.272 e. The summed E-state index contributed by atoms with van der Waals surface area (Å²) in [6.45, 7) is 8.92. The van der Waals surface area contributed by atoms with Crippen molar-refractivity contribution < 1.29 is 4.79 Å². The highest BCUT2D eigenvalue weighted by Gasteiger charge is 2.21. The van der Waals surface area contributed by atoms with Gasteiger partial charge in [-0.25, -0.2) is 9.97 Å². The normalized spacial score (nSPS) is 13.5. The predicted octanol–water partition coefficient (Wildman–Crippen LogP) is 2.83. The molecule has 0 atom stereocenters. The lowest BCUT2D eigenvalue weighted by molar-refractivity contribution is 0.0766. The van der Waals surface area contributed by atoms with E-state index in [2.05, 4.69) is 39.1 Å². The molecule has 0 spiro atoms. The highest BCUT2D eigenvalue weighted by Crippen LogP contribution is 2.23. The first-order valence-electron chi connectivity index (χ1n) is 8.59. The van der Waals surface area contributed by atoms with E-state index in [0.717, 1.165) is 25.3 Å². The number of benzene rings is 1. The molecule has 0 saturated carbocycles. The first kappa shape index (κ1) is 16.4. The highest BCUT2D eigenvalue weighted by molar-refractivity contribution is 5.93. The van der Waals surface area contributed by atoms with Gasteiger partial charge in [0.05, 0.1) is 0 Å². The van der Waals surface area contributed by atoms with Gasteiger partial charge in [0.15, 0.2) is 0 Å². The molecular formula is C19H24N4O. The van der Waals surface area contributed by atoms with Crippen molar-refractivity contribution in [1.82, 2.24) is 14.9 Å². The largest absolute Gasteiger partial charge is 0.352 e. The number of aromatic nitrogens is 2. The quantitative estimate of drug-likeness (QED) is 0.868. The van der Waals surface area contributed by atoms with Crippen LogP contribution in [0, 0.1) is 6.92 Å². The maximum atomic E-state index is 12.6. The van der Waals surface area contributed by atoms with Crippen LogP contribution >= 0.6 is 0 Å². The predicted molar refractivity (Wildman–Crippen MR) is 95.2 cm³/mol. The first-order valence-corrected chi connectivity index (χ1v) is 8.59. The molecule has 0 N–H and O–H groups in total. The Kier molecular flexibility index (Phi) is 4.79. The highest BCUT2D eigenvalue weighted by atomic mass is 16.2. The summed E-state index contributed by atoms with van der Waals surface area (Å²) in [5, 5.41) is 0. The molecule has 0 saturated heterocycles. The van der Waals surface area contributed by atoms with Crippen LogP contribution in [0.4, 0.5) is 5.82 Å². The number of hydrogen-bond acceptors (Lipinski definition) is 4. The second-order valence-corrected chi connectivity index (χ2v) is 6.08. The zero-order chi connectivity index (χ0) is 17.1. The Morgan fingerprint density at radius 1 is 1.17 bits per heavy atom. The van der Waals surface area contributed by atoms with Crippen molar-refractivity contribution in [3.8, 4) is 0 Å². The molecule has 24 heavy (non-hydrogen) atoms. The molecule has 1 aromatic heterocycles. The van der Waals surface area contributed by atoms with Gasteiger partial charge in [0, 0.05) is 32.2 Å². The van der Waals surface area contributed by atoms with Crippen LogP contribution in [-0.4, -0.2) is 40.4 Å². The topological polar surface area (TPSA) is 49.3 Å². The fourth-order valence-corrected chi connectivity index (χ4v) is 3.19. The van der Waals surface area contributed by atoms with Crippen LogP contribution < -0.4 is 4.90 Å². The van der Waals surface area contributed by atoms with Gasteiger partial charge in [0.2, 0.25) is 0 Å². The van der Waals surface area contributed by atoms with Crippen molar-refractivity contribution >= 4 is 11.7 Å². The Morgan fingerprint density at radius 2 is 1.88 bits per heavy atom. The standard InChI is InChI=1S/C19H24N4O/c1-4-22(5-2)19(24)17-12-18(21-14(3)20-17)23-11-10-15-8-6-7-9-16(15)13-23/h6-9,12H,4-5,10-11,13H2,1-3H3. The number of aryl methyl sites for hydroxylation is 1. The van der Waals surface area contributed by atoms with E-state index in [4.69, 9.17) is 0 Å². The lowest BCUT2D eigenvalue weighted by Gasteiger charge is -2.30. The molecule has 1 amide bonds. The van der Waals surface area contributed by atoms with E-state index in [-0.39, 0.29) is 5.91 Å². The molecule has 126 valence electrons. The minimum absolute atomic E-state index is 0.0239. The minimum atomic E-state index is -0.0239. The fourth-order valence-electron chi connectivity index (χ4n) is 3.19. The summed E-state index contributed by atoms with van der Waals surface area (Å²) in [5.74, 6) is 1.46. The van der Waals surface area contributed by atoms with Crippen LogP contribution in [0.25, 0.3) is 0 Å². The molecule has 0 aliphatic carbocycles. The number of hydrogen-bond donors (Lipinski definition) is 0. The second-order valence-electron chi connectivity index (χ2n) is 6.08. The second kappa shape index (κ2) is 6.99. The Labute approximate surface area is 143 Å². The van der Waals surface area contributed by atoms with Crippen molar-refractivity contribution in [2.45, 2.75) is 33.7 Å². The average Bonchev–Trinajstić information content (AvgIpc) is 2.61. The first-order chi connectivity index (χ1) is 11.6. The van der Waals surface area contributed by atoms with Crippen molar-refractivity contribution in [3.63, 3.8) is 0 Å². The van der Waals surface area contributed by atoms with Crippen molar-refractivity contribution in [1.29, 1.82) is 0 Å². The number of carbonyl (C=O) groups is 1. The molecule has 1 aliphatic rings. The average molecular weight is 324 g/mol. The van der Waals surface area contributed by atoms with Gasteiger partial charge in [-0.05, 0) is 38.3 Å². The molecule has 5 nitrogen and oxygen atoms in total. The molecule has 0 bridgehead atoms. The molecular weight excluding hydrogens is 300 g/mol. The van der Waals surface area contributed by atoms with Crippen molar-refractivity contribution in [2.75, 3.05) is 24.5 Å². The molecule has 2 aromatic rings. The molecule has 1 aliphatic heterocycles. The molecule has 5 heteroatoms. The molecule has 2 heterocycles. The lowest BCUT2D eigenvalue weighted by atomic mass is 10.00. The zero-order valence-electron chi connectivity index (χ0n) is 14.6. The molecule has 0 fully saturated rings. The van der Waals surface area contributed by atoms with Crippen LogP contribution in [0.3, 0.4) is 0 Å². The maximum absolute atomic E-state index is 12.6. The molecule has 3 rings (SSSR count). The molecule has 0 radical (unpaired) electrons. The van der Waals surface area contributed by atoms with Crippen LogP contribution in [0.15, 0.2) is 30.3 Å². The van der Waals surface area contributed by atoms with E-state index in [1.807, 2.05) is 26.8 Å². The van der Waals surface area contributed by atoms with Crippen molar-refractivity contribution in [3.05, 3.63) is 53.0 Å². The number of nitrogens with zero attached hydrogens (tertiary/aromatic N) is 4. The smallest absolute Gasteiger partial charge is 0.272 e. The van der Waals surface area contributed by atoms with E-state index in [1.54, 1.807) is 4.90 Å². The third kappa shape index (κ3) is 3.25. The van der Waals surface area contributed by atoms with Crippen LogP contribution in [-0.2, 0) is 13.0 Å². The van der Waals surface area contributed by atoms with Gasteiger partial charge >= 0.3 is 0 Å². The lowest BCUT2D eigenvalue weighted by Crippen LogP contribution is -2.33. The summed E-state index contributed by atoms with van der Waals surface area (Å²) in [6.07, 6.45) is 0.999. The summed E-state index contributed by atoms with van der Waals surface area (Å²) in [6, 6.07) is 10.3. The van der Waals surface area contributed by atoms with Gasteiger partial charge < -0.3 is 9.80 Å². The third-order valence-electron chi connectivity index (χ3n) is 4.55. The Balaban J connectivity index is 1.88. The van der Waals surface area contributed by atoms with Crippen LogP contribution in [0.1, 0.15) is 41.3 Å². The Morgan fingerprint density at radius 3 is 2.58 bits per heavy atom. The van der Waals surface area contributed by atoms with Gasteiger partial charge in [0.1, 0.15) is 17.3 Å². The van der Waals surface area contributed by atoms with Gasteiger partial charge in [-0.2, -0.15) is 0 Å². The van der Waals surface area contributed by atoms with E-state index in [0.29, 0.717) is 24.6 Å². The number of amides is 1. The molecule has 0 unspecified atom stereocenters. The molecule has 1 aromatic carbocycles. The third-order valence-corrected chi connectivity index (χ3v) is 4.55. The van der Waals surface area contributed by atoms with Crippen LogP contribution in [0.5, 0.6) is 0 Å². The van der Waals surface area contributed by atoms with E-state index >= 15 is 0 Å². The fraction of sp³-hybridized carbons (Fsp3) is 0.421. The number of anilines is 1. The summed E-state index contributed by atoms with van der Waals surface area (Å²) in [5.41, 5.74) is 3.22. The Hall–Kier alpha value is -2.43. The number of fused-ring (bicyclic) bond motifs is 1. The summed E-state index contributed by atoms with van der Waals surface area (Å²) < 4.78 is 0. The van der Waals surface area contributed by atoms with Crippen molar-refractivity contribution in [2.24, 2.45) is 0 Å². The van der Waals surface area contributed by atoms with Gasteiger partial charge in [-0.1, -0.05) is 24.3 Å². The minimum Gasteiger partial charge on any atom is -0.352 e. The summed E-state index contributed by atoms with van der Waals surface area (Å²) in [4.78, 5) is 25.6. The van der Waals surface area contributed by atoms with Crippen LogP contribution in [0.2, 0.25) is 0 Å². The SMILES string of the molecule is CCN(CC)C(=O)c1cc(N2CCc3ccccc3C2)nc(C)n1. The van der Waals surface area contributed by atoms with E-state index in [1.165, 1.54) is 11.1 Å². The van der Waals surface area contributed by atoms with E-state index < -0.39 is 0 Å². The van der Waals surface area contributed by atoms with E-state index in [9.17, 15) is 4.79 Å². The monoisotopic (exact) mass is 324 g/mol. The summed E-state index contributed by atoms with van der Waals surface area (Å²) >= 11 is 0. The van der Waals surface area contributed by atoms with Gasteiger partial charge in [0.25, 0.3) is 5.91 Å².